The van der Waals surface area contributed by atoms with Gasteiger partial charge in [-0.15, -0.1) is 0 Å². The standard InChI is InChI=1S/C48H34/c1-31-12-9-20-38(28-31)42-30-43(40-26-24-37-23-22-35-18-11-19-36-25-27-41(40)45(37)44(35)36)47(39-21-10-13-32(2)29-39)48(34-16-7-4-8-17-34)46(42)33-14-5-3-6-15-33/h3-30H,1-2H3. The molecule has 9 aromatic rings. The zero-order chi connectivity index (χ0) is 32.2. The van der Waals surface area contributed by atoms with Crippen LogP contribution in [0.5, 0.6) is 0 Å². The Bertz CT molecular complexity index is 2590. The van der Waals surface area contributed by atoms with E-state index in [-0.39, 0.29) is 0 Å². The Hall–Kier alpha value is -5.98. The molecule has 0 aliphatic heterocycles. The van der Waals surface area contributed by atoms with Crippen LogP contribution in [0.1, 0.15) is 11.1 Å². The van der Waals surface area contributed by atoms with Crippen molar-refractivity contribution in [3.8, 4) is 55.6 Å². The predicted molar refractivity (Wildman–Crippen MR) is 207 cm³/mol. The fraction of sp³-hybridized carbons (Fsp3) is 0.0417. The lowest BCUT2D eigenvalue weighted by Crippen LogP contribution is -1.99. The summed E-state index contributed by atoms with van der Waals surface area (Å²) in [5, 5.41) is 7.81. The average Bonchev–Trinajstić information content (AvgIpc) is 3.13. The number of rotatable bonds is 5. The van der Waals surface area contributed by atoms with Crippen LogP contribution < -0.4 is 0 Å². The first-order valence-corrected chi connectivity index (χ1v) is 16.8. The Balaban J connectivity index is 1.52. The summed E-state index contributed by atoms with van der Waals surface area (Å²) < 4.78 is 0. The molecule has 0 radical (unpaired) electrons. The van der Waals surface area contributed by atoms with Crippen molar-refractivity contribution in [2.24, 2.45) is 0 Å². The number of hydrogen-bond acceptors (Lipinski definition) is 0. The van der Waals surface area contributed by atoms with Gasteiger partial charge in [-0.3, -0.25) is 0 Å². The summed E-state index contributed by atoms with van der Waals surface area (Å²) in [6.07, 6.45) is 0. The molecule has 0 heterocycles. The van der Waals surface area contributed by atoms with E-state index >= 15 is 0 Å². The fourth-order valence-corrected chi connectivity index (χ4v) is 7.80. The van der Waals surface area contributed by atoms with Gasteiger partial charge < -0.3 is 0 Å². The molecule has 9 rings (SSSR count). The van der Waals surface area contributed by atoms with Crippen molar-refractivity contribution < 1.29 is 0 Å². The molecule has 0 saturated carbocycles. The SMILES string of the molecule is Cc1cccc(-c2cc(-c3ccc4ccc5cccc6ccc3c4c56)c(-c3cccc(C)c3)c(-c3ccccc3)c2-c2ccccc2)c1. The van der Waals surface area contributed by atoms with Crippen molar-refractivity contribution >= 4 is 32.3 Å². The van der Waals surface area contributed by atoms with Crippen LogP contribution in [0.3, 0.4) is 0 Å². The Kier molecular flexibility index (Phi) is 6.69. The normalized spacial score (nSPS) is 11.5. The van der Waals surface area contributed by atoms with E-state index in [2.05, 4.69) is 184 Å². The Morgan fingerprint density at radius 3 is 1.46 bits per heavy atom. The molecule has 0 bridgehead atoms. The maximum atomic E-state index is 2.48. The largest absolute Gasteiger partial charge is 0.0622 e. The van der Waals surface area contributed by atoms with E-state index in [1.54, 1.807) is 0 Å². The van der Waals surface area contributed by atoms with Gasteiger partial charge in [-0.2, -0.15) is 0 Å². The Morgan fingerprint density at radius 2 is 0.792 bits per heavy atom. The van der Waals surface area contributed by atoms with E-state index in [0.717, 1.165) is 0 Å². The van der Waals surface area contributed by atoms with E-state index in [4.69, 9.17) is 0 Å². The van der Waals surface area contributed by atoms with Crippen LogP contribution >= 0.6 is 0 Å². The lowest BCUT2D eigenvalue weighted by atomic mass is 9.77. The Morgan fingerprint density at radius 1 is 0.292 bits per heavy atom. The summed E-state index contributed by atoms with van der Waals surface area (Å²) in [7, 11) is 0. The highest BCUT2D eigenvalue weighted by molar-refractivity contribution is 6.26. The van der Waals surface area contributed by atoms with Crippen LogP contribution in [0.2, 0.25) is 0 Å². The molecule has 0 nitrogen and oxygen atoms in total. The monoisotopic (exact) mass is 610 g/mol. The second-order valence-corrected chi connectivity index (χ2v) is 13.0. The third-order valence-corrected chi connectivity index (χ3v) is 9.91. The molecule has 0 aliphatic carbocycles. The molecule has 0 N–H and O–H groups in total. The summed E-state index contributed by atoms with van der Waals surface area (Å²) in [4.78, 5) is 0. The minimum Gasteiger partial charge on any atom is -0.0622 e. The summed E-state index contributed by atoms with van der Waals surface area (Å²) >= 11 is 0. The van der Waals surface area contributed by atoms with Gasteiger partial charge >= 0.3 is 0 Å². The molecule has 0 saturated heterocycles. The van der Waals surface area contributed by atoms with Crippen LogP contribution in [-0.4, -0.2) is 0 Å². The van der Waals surface area contributed by atoms with Gasteiger partial charge in [0.2, 0.25) is 0 Å². The van der Waals surface area contributed by atoms with Gasteiger partial charge in [0.15, 0.2) is 0 Å². The summed E-state index contributed by atoms with van der Waals surface area (Å²) in [6, 6.07) is 62.9. The molecule has 0 unspecified atom stereocenters. The quantitative estimate of drug-likeness (QED) is 0.170. The highest BCUT2D eigenvalue weighted by Crippen LogP contribution is 2.52. The van der Waals surface area contributed by atoms with E-state index in [1.165, 1.54) is 99.1 Å². The third-order valence-electron chi connectivity index (χ3n) is 9.91. The van der Waals surface area contributed by atoms with Crippen molar-refractivity contribution in [1.82, 2.24) is 0 Å². The Labute approximate surface area is 281 Å². The smallest absolute Gasteiger partial charge is 0.00143 e. The number of hydrogen-bond donors (Lipinski definition) is 0. The molecule has 0 aromatic heterocycles. The first kappa shape index (κ1) is 28.3. The van der Waals surface area contributed by atoms with Crippen molar-refractivity contribution in [3.05, 3.63) is 181 Å². The van der Waals surface area contributed by atoms with Crippen molar-refractivity contribution in [2.45, 2.75) is 13.8 Å². The van der Waals surface area contributed by atoms with Crippen molar-refractivity contribution in [3.63, 3.8) is 0 Å². The second kappa shape index (κ2) is 11.4. The molecule has 0 spiro atoms. The molecule has 0 aliphatic rings. The van der Waals surface area contributed by atoms with Crippen molar-refractivity contribution in [2.75, 3.05) is 0 Å². The lowest BCUT2D eigenvalue weighted by Gasteiger charge is -2.25. The molecule has 0 amide bonds. The maximum Gasteiger partial charge on any atom is -0.00143 e. The van der Waals surface area contributed by atoms with Gasteiger partial charge in [-0.25, -0.2) is 0 Å². The topological polar surface area (TPSA) is 0 Å². The van der Waals surface area contributed by atoms with Gasteiger partial charge in [-0.1, -0.05) is 175 Å². The highest BCUT2D eigenvalue weighted by atomic mass is 14.3. The van der Waals surface area contributed by atoms with Crippen molar-refractivity contribution in [1.29, 1.82) is 0 Å². The molecule has 9 aromatic carbocycles. The molecule has 0 heteroatoms. The molecule has 226 valence electrons. The van der Waals surface area contributed by atoms with E-state index in [9.17, 15) is 0 Å². The minimum atomic E-state index is 1.21. The van der Waals surface area contributed by atoms with Gasteiger partial charge in [0.1, 0.15) is 0 Å². The summed E-state index contributed by atoms with van der Waals surface area (Å²) in [5.41, 5.74) is 14.9. The van der Waals surface area contributed by atoms with Gasteiger partial charge in [-0.05, 0) is 108 Å². The van der Waals surface area contributed by atoms with Crippen LogP contribution in [-0.2, 0) is 0 Å². The number of benzene rings is 9. The van der Waals surface area contributed by atoms with E-state index < -0.39 is 0 Å². The minimum absolute atomic E-state index is 1.21. The zero-order valence-corrected chi connectivity index (χ0v) is 27.2. The zero-order valence-electron chi connectivity index (χ0n) is 27.2. The fourth-order valence-electron chi connectivity index (χ4n) is 7.80. The third kappa shape index (κ3) is 4.61. The molecule has 48 heavy (non-hydrogen) atoms. The second-order valence-electron chi connectivity index (χ2n) is 13.0. The van der Waals surface area contributed by atoms with Crippen LogP contribution in [0.25, 0.3) is 88.0 Å². The first-order chi connectivity index (χ1) is 23.6. The van der Waals surface area contributed by atoms with E-state index in [0.29, 0.717) is 0 Å². The van der Waals surface area contributed by atoms with E-state index in [1.807, 2.05) is 0 Å². The van der Waals surface area contributed by atoms with Crippen LogP contribution in [0.4, 0.5) is 0 Å². The highest BCUT2D eigenvalue weighted by Gasteiger charge is 2.25. The van der Waals surface area contributed by atoms with Gasteiger partial charge in [0, 0.05) is 0 Å². The van der Waals surface area contributed by atoms with Crippen LogP contribution in [0.15, 0.2) is 170 Å². The molecule has 0 fully saturated rings. The van der Waals surface area contributed by atoms with Crippen LogP contribution in [0, 0.1) is 13.8 Å². The molecular weight excluding hydrogens is 577 g/mol. The lowest BCUT2D eigenvalue weighted by molar-refractivity contribution is 1.45. The molecular formula is C48H34. The molecule has 0 atom stereocenters. The first-order valence-electron chi connectivity index (χ1n) is 16.8. The number of aryl methyl sites for hydroxylation is 2. The maximum absolute atomic E-state index is 2.48. The van der Waals surface area contributed by atoms with Gasteiger partial charge in [0.05, 0.1) is 0 Å². The van der Waals surface area contributed by atoms with Gasteiger partial charge in [0.25, 0.3) is 0 Å². The predicted octanol–water partition coefficient (Wildman–Crippen LogP) is 13.5. The average molecular weight is 611 g/mol. The summed E-state index contributed by atoms with van der Waals surface area (Å²) in [5.74, 6) is 0. The summed E-state index contributed by atoms with van der Waals surface area (Å²) in [6.45, 7) is 4.38.